The van der Waals surface area contributed by atoms with E-state index in [0.29, 0.717) is 17.6 Å². The monoisotopic (exact) mass is 428 g/mol. The molecule has 0 radical (unpaired) electrons. The number of ether oxygens (including phenoxy) is 1. The number of amides is 1. The number of carbonyl (C=O) groups excluding carboxylic acids is 1. The minimum Gasteiger partial charge on any atom is -0.457 e. The third-order valence-corrected chi connectivity index (χ3v) is 5.94. The van der Waals surface area contributed by atoms with Crippen LogP contribution in [0.4, 0.5) is 5.13 Å². The molecule has 6 nitrogen and oxygen atoms in total. The molecule has 0 unspecified atom stereocenters. The predicted octanol–water partition coefficient (Wildman–Crippen LogP) is 5.02. The molecule has 1 aromatic rings. The molecular formula is C23H32N4O2S. The molecule has 0 aromatic carbocycles. The zero-order chi connectivity index (χ0) is 21.9. The van der Waals surface area contributed by atoms with Crippen LogP contribution in [0.15, 0.2) is 47.9 Å². The smallest absolute Gasteiger partial charge is 0.269 e. The summed E-state index contributed by atoms with van der Waals surface area (Å²) in [5.41, 5.74) is 1.18. The second-order valence-electron chi connectivity index (χ2n) is 7.09. The molecular weight excluding hydrogens is 396 g/mol. The zero-order valence-corrected chi connectivity index (χ0v) is 19.0. The van der Waals surface area contributed by atoms with Gasteiger partial charge in [-0.25, -0.2) is 4.98 Å². The number of carbonyl (C=O) groups is 1. The molecule has 7 heteroatoms. The van der Waals surface area contributed by atoms with Crippen molar-refractivity contribution in [1.82, 2.24) is 10.3 Å². The number of aromatic nitrogens is 1. The molecule has 1 aliphatic rings. The number of hydrogen-bond donors (Lipinski definition) is 2. The van der Waals surface area contributed by atoms with Gasteiger partial charge in [0.2, 0.25) is 0 Å². The number of aryl methyl sites for hydroxylation is 1. The fraction of sp³-hybridized carbons (Fsp3) is 0.435. The second kappa shape index (κ2) is 12.1. The maximum atomic E-state index is 11.8. The normalized spacial score (nSPS) is 16.6. The molecule has 162 valence electrons. The molecule has 1 fully saturated rings. The van der Waals surface area contributed by atoms with E-state index in [0.717, 1.165) is 15.7 Å². The van der Waals surface area contributed by atoms with Gasteiger partial charge in [0.1, 0.15) is 17.2 Å². The Hall–Kier alpha value is -2.67. The number of aliphatic imine (C=N–C) groups is 1. The lowest BCUT2D eigenvalue weighted by Gasteiger charge is -2.14. The van der Waals surface area contributed by atoms with Gasteiger partial charge in [0.05, 0.1) is 10.6 Å². The number of nitrogens with zero attached hydrogens (tertiary/aromatic N) is 2. The molecule has 1 aromatic heterocycles. The molecule has 1 amide bonds. The van der Waals surface area contributed by atoms with Crippen LogP contribution >= 0.6 is 11.3 Å². The maximum Gasteiger partial charge on any atom is 0.269 e. The Morgan fingerprint density at radius 3 is 2.43 bits per heavy atom. The fourth-order valence-electron chi connectivity index (χ4n) is 3.22. The van der Waals surface area contributed by atoms with Crippen molar-refractivity contribution in [3.05, 3.63) is 53.5 Å². The molecule has 1 heterocycles. The van der Waals surface area contributed by atoms with Crippen LogP contribution < -0.4 is 10.6 Å². The highest BCUT2D eigenvalue weighted by atomic mass is 32.1. The van der Waals surface area contributed by atoms with Crippen LogP contribution in [0.2, 0.25) is 0 Å². The van der Waals surface area contributed by atoms with E-state index in [-0.39, 0.29) is 11.6 Å². The maximum absolute atomic E-state index is 11.8. The molecule has 0 saturated heterocycles. The Labute approximate surface area is 183 Å². The van der Waals surface area contributed by atoms with Crippen molar-refractivity contribution in [3.8, 4) is 0 Å². The molecule has 0 atom stereocenters. The first-order valence-corrected chi connectivity index (χ1v) is 11.1. The van der Waals surface area contributed by atoms with E-state index in [2.05, 4.69) is 33.8 Å². The average Bonchev–Trinajstić information content (AvgIpc) is 2.93. The van der Waals surface area contributed by atoms with Crippen LogP contribution in [-0.2, 0) is 9.53 Å². The van der Waals surface area contributed by atoms with E-state index in [9.17, 15) is 4.79 Å². The highest BCUT2D eigenvalue weighted by molar-refractivity contribution is 7.16. The predicted molar refractivity (Wildman–Crippen MR) is 127 cm³/mol. The quantitative estimate of drug-likeness (QED) is 0.251. The molecule has 2 N–H and O–H groups in total. The summed E-state index contributed by atoms with van der Waals surface area (Å²) >= 11 is 1.61. The minimum absolute atomic E-state index is 0.250. The number of hydrogen-bond acceptors (Lipinski definition) is 6. The summed E-state index contributed by atoms with van der Waals surface area (Å²) in [5.74, 6) is 0.655. The highest BCUT2D eigenvalue weighted by Gasteiger charge is 2.15. The molecule has 0 bridgehead atoms. The molecule has 30 heavy (non-hydrogen) atoms. The first-order valence-electron chi connectivity index (χ1n) is 10.3. The van der Waals surface area contributed by atoms with Gasteiger partial charge in [0.25, 0.3) is 5.91 Å². The number of allylic oxidation sites excluding steroid dienone is 2. The number of anilines is 1. The SMILES string of the molecule is C=C/C(=C\C(=N/C)C(=O)NC)O/C(C=C)=C/c1sc(NC2CCCCCC2)nc1C. The van der Waals surface area contributed by atoms with Gasteiger partial charge in [-0.3, -0.25) is 9.79 Å². The molecule has 0 aliphatic heterocycles. The molecule has 1 aliphatic carbocycles. The summed E-state index contributed by atoms with van der Waals surface area (Å²) in [6, 6.07) is 0.497. The van der Waals surface area contributed by atoms with Crippen LogP contribution in [0.25, 0.3) is 6.08 Å². The van der Waals surface area contributed by atoms with Gasteiger partial charge in [-0.15, -0.1) is 0 Å². The molecule has 0 spiro atoms. The first kappa shape index (κ1) is 23.6. The Bertz CT molecular complexity index is 843. The van der Waals surface area contributed by atoms with Crippen LogP contribution in [0.3, 0.4) is 0 Å². The van der Waals surface area contributed by atoms with Crippen molar-refractivity contribution < 1.29 is 9.53 Å². The van der Waals surface area contributed by atoms with Gasteiger partial charge in [-0.05, 0) is 38.0 Å². The van der Waals surface area contributed by atoms with Gasteiger partial charge in [-0.1, -0.05) is 50.2 Å². The highest BCUT2D eigenvalue weighted by Crippen LogP contribution is 2.28. The van der Waals surface area contributed by atoms with Crippen molar-refractivity contribution in [2.24, 2.45) is 4.99 Å². The van der Waals surface area contributed by atoms with E-state index in [4.69, 9.17) is 4.74 Å². The van der Waals surface area contributed by atoms with E-state index in [1.807, 2.05) is 13.0 Å². The molecule has 2 rings (SSSR count). The third-order valence-electron chi connectivity index (χ3n) is 4.91. The Balaban J connectivity index is 2.16. The fourth-order valence-corrected chi connectivity index (χ4v) is 4.21. The van der Waals surface area contributed by atoms with Gasteiger partial charge in [0, 0.05) is 26.2 Å². The first-order chi connectivity index (χ1) is 14.5. The Morgan fingerprint density at radius 1 is 1.20 bits per heavy atom. The van der Waals surface area contributed by atoms with Gasteiger partial charge >= 0.3 is 0 Å². The van der Waals surface area contributed by atoms with Crippen molar-refractivity contribution in [1.29, 1.82) is 0 Å². The van der Waals surface area contributed by atoms with Crippen molar-refractivity contribution in [2.45, 2.75) is 51.5 Å². The largest absolute Gasteiger partial charge is 0.457 e. The van der Waals surface area contributed by atoms with Gasteiger partial charge in [-0.2, -0.15) is 0 Å². The van der Waals surface area contributed by atoms with Crippen molar-refractivity contribution in [2.75, 3.05) is 19.4 Å². The topological polar surface area (TPSA) is 75.6 Å². The summed E-state index contributed by atoms with van der Waals surface area (Å²) in [6.45, 7) is 9.59. The average molecular weight is 429 g/mol. The second-order valence-corrected chi connectivity index (χ2v) is 8.12. The lowest BCUT2D eigenvalue weighted by molar-refractivity contribution is -0.114. The van der Waals surface area contributed by atoms with Crippen LogP contribution in [0, 0.1) is 6.92 Å². The minimum atomic E-state index is -0.294. The number of nitrogens with one attached hydrogen (secondary N) is 2. The van der Waals surface area contributed by atoms with Crippen LogP contribution in [-0.4, -0.2) is 36.7 Å². The number of rotatable bonds is 9. The van der Waals surface area contributed by atoms with Crippen molar-refractivity contribution >= 4 is 34.2 Å². The lowest BCUT2D eigenvalue weighted by Crippen LogP contribution is -2.26. The standard InChI is InChI=1S/C23H32N4O2S/c1-6-18(14-20(24-4)22(28)25-5)29-19(7-2)15-21-16(3)26-23(30-21)27-17-12-10-8-9-11-13-17/h6-7,14-15,17H,1-2,8-13H2,3-5H3,(H,25,28)(H,26,27)/b18-14+,19-15+,24-20+. The van der Waals surface area contributed by atoms with Crippen LogP contribution in [0.1, 0.15) is 49.1 Å². The zero-order valence-electron chi connectivity index (χ0n) is 18.2. The van der Waals surface area contributed by atoms with E-state index in [1.54, 1.807) is 37.6 Å². The third kappa shape index (κ3) is 6.99. The summed E-state index contributed by atoms with van der Waals surface area (Å²) in [4.78, 5) is 21.5. The summed E-state index contributed by atoms with van der Waals surface area (Å²) in [5, 5.41) is 7.09. The Morgan fingerprint density at radius 2 is 1.87 bits per heavy atom. The lowest BCUT2D eigenvalue weighted by atomic mass is 10.1. The number of thiazole rings is 1. The van der Waals surface area contributed by atoms with E-state index in [1.165, 1.54) is 44.6 Å². The van der Waals surface area contributed by atoms with Crippen LogP contribution in [0.5, 0.6) is 0 Å². The summed E-state index contributed by atoms with van der Waals surface area (Å²) in [7, 11) is 3.10. The summed E-state index contributed by atoms with van der Waals surface area (Å²) in [6.07, 6.45) is 14.2. The molecule has 1 saturated carbocycles. The van der Waals surface area contributed by atoms with Gasteiger partial charge in [0.15, 0.2) is 5.13 Å². The van der Waals surface area contributed by atoms with Gasteiger partial charge < -0.3 is 15.4 Å². The van der Waals surface area contributed by atoms with E-state index >= 15 is 0 Å². The Kier molecular flexibility index (Phi) is 9.54. The van der Waals surface area contributed by atoms with Crippen molar-refractivity contribution in [3.63, 3.8) is 0 Å². The summed E-state index contributed by atoms with van der Waals surface area (Å²) < 4.78 is 5.89. The van der Waals surface area contributed by atoms with E-state index < -0.39 is 0 Å².